The molecule has 1 aliphatic carbocycles. The number of hydrogen-bond donors (Lipinski definition) is 3. The van der Waals surface area contributed by atoms with Gasteiger partial charge in [-0.3, -0.25) is 9.78 Å². The van der Waals surface area contributed by atoms with Crippen molar-refractivity contribution in [3.05, 3.63) is 23.5 Å². The second kappa shape index (κ2) is 11.1. The number of piperazine rings is 1. The van der Waals surface area contributed by atoms with Gasteiger partial charge in [0.1, 0.15) is 11.4 Å². The van der Waals surface area contributed by atoms with Crippen LogP contribution in [0.15, 0.2) is 12.4 Å². The number of likely N-dealkylation sites (N-methyl/N-ethyl adjacent to an activating group) is 1. The Morgan fingerprint density at radius 3 is 2.41 bits per heavy atom. The molecule has 5 rings (SSSR count). The summed E-state index contributed by atoms with van der Waals surface area (Å²) in [7, 11) is 2.13. The van der Waals surface area contributed by atoms with E-state index >= 15 is 0 Å². The third-order valence-electron chi connectivity index (χ3n) is 8.48. The van der Waals surface area contributed by atoms with Crippen molar-refractivity contribution >= 4 is 40.5 Å². The van der Waals surface area contributed by atoms with Gasteiger partial charge < -0.3 is 26.2 Å². The van der Waals surface area contributed by atoms with Crippen LogP contribution in [0.4, 0.5) is 23.0 Å². The Kier molecular flexibility index (Phi) is 7.81. The van der Waals surface area contributed by atoms with Gasteiger partial charge >= 0.3 is 0 Å². The number of pyridine rings is 1. The van der Waals surface area contributed by atoms with Crippen LogP contribution in [0.25, 0.3) is 0 Å². The summed E-state index contributed by atoms with van der Waals surface area (Å²) in [4.78, 5) is 22.8. The van der Waals surface area contributed by atoms with Gasteiger partial charge in [-0.2, -0.15) is 5.10 Å². The van der Waals surface area contributed by atoms with Crippen molar-refractivity contribution in [3.63, 3.8) is 0 Å². The van der Waals surface area contributed by atoms with Crippen molar-refractivity contribution in [3.8, 4) is 0 Å². The van der Waals surface area contributed by atoms with Gasteiger partial charge in [0, 0.05) is 38.9 Å². The number of amides is 1. The van der Waals surface area contributed by atoms with E-state index < -0.39 is 0 Å². The van der Waals surface area contributed by atoms with Crippen LogP contribution in [-0.2, 0) is 5.54 Å². The minimum atomic E-state index is -0.331. The molecule has 0 aromatic carbocycles. The van der Waals surface area contributed by atoms with Crippen molar-refractivity contribution in [2.24, 2.45) is 0 Å². The molecule has 2 aromatic rings. The van der Waals surface area contributed by atoms with E-state index in [0.29, 0.717) is 23.6 Å². The number of aromatic nitrogens is 3. The van der Waals surface area contributed by atoms with Crippen molar-refractivity contribution < 1.29 is 4.79 Å². The maximum Gasteiger partial charge on any atom is 0.263 e. The largest absolute Gasteiger partial charge is 0.381 e. The second-order valence-electron chi connectivity index (χ2n) is 11.0. The van der Waals surface area contributed by atoms with Crippen LogP contribution in [0.5, 0.6) is 0 Å². The summed E-state index contributed by atoms with van der Waals surface area (Å²) < 4.78 is 1.97. The first-order valence-electron chi connectivity index (χ1n) is 13.9. The number of rotatable bonds is 3. The van der Waals surface area contributed by atoms with E-state index in [9.17, 15) is 4.79 Å². The number of halogens is 1. The van der Waals surface area contributed by atoms with Crippen LogP contribution in [0.2, 0.25) is 0 Å². The van der Waals surface area contributed by atoms with Gasteiger partial charge in [0.25, 0.3) is 5.91 Å². The lowest BCUT2D eigenvalue weighted by molar-refractivity contribution is 0.102. The number of alkyl halides is 1. The molecular formula is C27H41ClN8O. The molecule has 2 aromatic heterocycles. The fraction of sp³-hybridized carbons (Fsp3) is 0.667. The van der Waals surface area contributed by atoms with E-state index in [0.717, 1.165) is 63.1 Å². The molecule has 0 radical (unpaired) electrons. The zero-order valence-electron chi connectivity index (χ0n) is 22.2. The van der Waals surface area contributed by atoms with Crippen LogP contribution in [0, 0.1) is 6.92 Å². The molecular weight excluding hydrogens is 488 g/mol. The van der Waals surface area contributed by atoms with Gasteiger partial charge in [-0.05, 0) is 32.4 Å². The number of nitrogens with zero attached hydrogens (tertiary/aromatic N) is 5. The van der Waals surface area contributed by atoms with E-state index in [1.165, 1.54) is 32.1 Å². The number of nitrogens with two attached hydrogens (primary N) is 1. The zero-order valence-corrected chi connectivity index (χ0v) is 23.0. The van der Waals surface area contributed by atoms with Gasteiger partial charge in [0.05, 0.1) is 28.5 Å². The van der Waals surface area contributed by atoms with Gasteiger partial charge in [-0.25, -0.2) is 4.68 Å². The lowest BCUT2D eigenvalue weighted by atomic mass is 9.81. The lowest BCUT2D eigenvalue weighted by Gasteiger charge is -2.43. The summed E-state index contributed by atoms with van der Waals surface area (Å²) in [5, 5.41) is 11.2. The summed E-state index contributed by atoms with van der Waals surface area (Å²) in [6, 6.07) is 0. The third kappa shape index (κ3) is 5.12. The molecule has 10 heteroatoms. The summed E-state index contributed by atoms with van der Waals surface area (Å²) in [5.74, 6) is 0.659. The Morgan fingerprint density at radius 1 is 1.08 bits per heavy atom. The zero-order chi connectivity index (χ0) is 26.0. The van der Waals surface area contributed by atoms with Crippen LogP contribution >= 0.6 is 11.6 Å². The van der Waals surface area contributed by atoms with Gasteiger partial charge in [0.15, 0.2) is 5.82 Å². The average Bonchev–Trinajstić information content (AvgIpc) is 3.23. The number of carbonyl (C=O) groups is 1. The molecule has 202 valence electrons. The summed E-state index contributed by atoms with van der Waals surface area (Å²) in [6.45, 7) is 6.38. The van der Waals surface area contributed by atoms with Crippen molar-refractivity contribution in [2.45, 2.75) is 75.6 Å². The lowest BCUT2D eigenvalue weighted by Crippen LogP contribution is -2.50. The van der Waals surface area contributed by atoms with E-state index in [4.69, 9.17) is 22.4 Å². The van der Waals surface area contributed by atoms with Gasteiger partial charge in [0.2, 0.25) is 0 Å². The molecule has 1 amide bonds. The summed E-state index contributed by atoms with van der Waals surface area (Å²) in [6.07, 6.45) is 13.9. The number of nitrogen functional groups attached to an aromatic ring is 1. The molecule has 1 unspecified atom stereocenters. The Hall–Kier alpha value is -2.52. The van der Waals surface area contributed by atoms with E-state index in [-0.39, 0.29) is 22.6 Å². The molecule has 1 saturated heterocycles. The number of anilines is 4. The predicted molar refractivity (Wildman–Crippen MR) is 151 cm³/mol. The molecule has 4 heterocycles. The number of carbonyl (C=O) groups excluding carboxylic acids is 1. The maximum absolute atomic E-state index is 13.8. The Bertz CT molecular complexity index is 1100. The van der Waals surface area contributed by atoms with E-state index in [2.05, 4.69) is 32.5 Å². The number of aryl methyl sites for hydroxylation is 1. The average molecular weight is 529 g/mol. The molecule has 37 heavy (non-hydrogen) atoms. The summed E-state index contributed by atoms with van der Waals surface area (Å²) in [5.41, 5.74) is 9.28. The molecule has 3 aliphatic rings. The smallest absolute Gasteiger partial charge is 0.263 e. The number of nitrogens with one attached hydrogen (secondary N) is 2. The van der Waals surface area contributed by atoms with Crippen molar-refractivity contribution in [1.29, 1.82) is 0 Å². The Labute approximate surface area is 225 Å². The standard InChI is InChI=1S/C27H41ClN8O/c1-19-16-30-17-20(23(19)35-14-12-34(2)13-15-35)32-26(37)22-24(29)33-36-25(22)31-18-21(28)27(36)10-8-6-4-3-5-7-9-11-27/h16-17,21,31H,3-15,18H2,1-2H3,(H2,29,33)(H,32,37). The minimum Gasteiger partial charge on any atom is -0.381 e. The first-order valence-corrected chi connectivity index (χ1v) is 14.3. The number of fused-ring (bicyclic) bond motifs is 2. The molecule has 1 atom stereocenters. The van der Waals surface area contributed by atoms with Crippen LogP contribution in [0.3, 0.4) is 0 Å². The molecule has 1 spiro atoms. The van der Waals surface area contributed by atoms with Crippen LogP contribution in [0.1, 0.15) is 73.7 Å². The highest BCUT2D eigenvalue weighted by atomic mass is 35.5. The monoisotopic (exact) mass is 528 g/mol. The molecule has 1 saturated carbocycles. The molecule has 0 bridgehead atoms. The molecule has 2 aliphatic heterocycles. The molecule has 4 N–H and O–H groups in total. The Morgan fingerprint density at radius 2 is 1.73 bits per heavy atom. The quantitative estimate of drug-likeness (QED) is 0.506. The van der Waals surface area contributed by atoms with Crippen molar-refractivity contribution in [1.82, 2.24) is 19.7 Å². The molecule has 9 nitrogen and oxygen atoms in total. The highest BCUT2D eigenvalue weighted by Crippen LogP contribution is 2.44. The van der Waals surface area contributed by atoms with E-state index in [1.54, 1.807) is 6.20 Å². The van der Waals surface area contributed by atoms with E-state index in [1.807, 2.05) is 17.8 Å². The topological polar surface area (TPSA) is 104 Å². The Balaban J connectivity index is 1.45. The second-order valence-corrected chi connectivity index (χ2v) is 11.6. The minimum absolute atomic E-state index is 0.112. The number of hydrogen-bond acceptors (Lipinski definition) is 7. The highest BCUT2D eigenvalue weighted by molar-refractivity contribution is 6.22. The highest BCUT2D eigenvalue weighted by Gasteiger charge is 2.46. The fourth-order valence-corrected chi connectivity index (χ4v) is 6.72. The first kappa shape index (κ1) is 26.1. The van der Waals surface area contributed by atoms with Crippen LogP contribution < -0.4 is 21.3 Å². The van der Waals surface area contributed by atoms with Crippen molar-refractivity contribution in [2.75, 3.05) is 61.0 Å². The SMILES string of the molecule is Cc1cncc(NC(=O)c2c(N)nn3c2NCC(Cl)C32CCCCCCCCC2)c1N1CCN(C)CC1. The van der Waals surface area contributed by atoms with Gasteiger partial charge in [-0.1, -0.05) is 44.9 Å². The summed E-state index contributed by atoms with van der Waals surface area (Å²) >= 11 is 7.02. The van der Waals surface area contributed by atoms with Crippen LogP contribution in [-0.4, -0.2) is 70.7 Å². The fourth-order valence-electron chi connectivity index (χ4n) is 6.33. The van der Waals surface area contributed by atoms with Gasteiger partial charge in [-0.15, -0.1) is 11.6 Å². The first-order chi connectivity index (χ1) is 17.9. The third-order valence-corrected chi connectivity index (χ3v) is 9.04. The predicted octanol–water partition coefficient (Wildman–Crippen LogP) is 4.43. The molecule has 2 fully saturated rings. The normalized spacial score (nSPS) is 22.8. The maximum atomic E-state index is 13.8.